The molecule has 0 unspecified atom stereocenters. The number of nitrogens with zero attached hydrogens (tertiary/aromatic N) is 2. The fourth-order valence-electron chi connectivity index (χ4n) is 3.26. The highest BCUT2D eigenvalue weighted by Crippen LogP contribution is 2.33. The van der Waals surface area contributed by atoms with Gasteiger partial charge in [-0.05, 0) is 43.2 Å². The molecule has 2 heterocycles. The minimum atomic E-state index is -0.485. The Morgan fingerprint density at radius 1 is 1.28 bits per heavy atom. The Bertz CT molecular complexity index is 909. The van der Waals surface area contributed by atoms with Gasteiger partial charge in [0.1, 0.15) is 5.82 Å². The van der Waals surface area contributed by atoms with Gasteiger partial charge in [0, 0.05) is 23.5 Å². The summed E-state index contributed by atoms with van der Waals surface area (Å²) >= 11 is 4.92. The normalized spacial score (nSPS) is 17.8. The van der Waals surface area contributed by atoms with E-state index in [0.717, 1.165) is 23.4 Å². The Labute approximate surface area is 157 Å². The molecule has 1 amide bonds. The number of fused-ring (bicyclic) bond motifs is 1. The van der Waals surface area contributed by atoms with Crippen LogP contribution < -0.4 is 0 Å². The number of carbonyl (C=O) groups excluding carboxylic acids is 1. The van der Waals surface area contributed by atoms with Crippen molar-refractivity contribution >= 4 is 43.4 Å². The lowest BCUT2D eigenvalue weighted by Crippen LogP contribution is -2.39. The lowest BCUT2D eigenvalue weighted by molar-refractivity contribution is 0.0702. The van der Waals surface area contributed by atoms with E-state index in [1.807, 2.05) is 18.2 Å². The summed E-state index contributed by atoms with van der Waals surface area (Å²) in [4.78, 5) is 19.2. The fourth-order valence-corrected chi connectivity index (χ4v) is 4.69. The minimum Gasteiger partial charge on any atom is -0.338 e. The molecule has 0 N–H and O–H groups in total. The van der Waals surface area contributed by atoms with Gasteiger partial charge in [-0.25, -0.2) is 9.37 Å². The zero-order chi connectivity index (χ0) is 17.4. The van der Waals surface area contributed by atoms with Crippen LogP contribution in [0.15, 0.2) is 46.9 Å². The molecule has 0 bridgehead atoms. The number of likely N-dealkylation sites (tertiary alicyclic amines) is 1. The van der Waals surface area contributed by atoms with Gasteiger partial charge < -0.3 is 4.90 Å². The van der Waals surface area contributed by atoms with E-state index in [-0.39, 0.29) is 17.4 Å². The summed E-state index contributed by atoms with van der Waals surface area (Å²) in [5.74, 6) is -0.508. The zero-order valence-corrected chi connectivity index (χ0v) is 15.8. The predicted octanol–water partition coefficient (Wildman–Crippen LogP) is 5.22. The monoisotopic (exact) mass is 418 g/mol. The Morgan fingerprint density at radius 3 is 2.92 bits per heavy atom. The van der Waals surface area contributed by atoms with Crippen molar-refractivity contribution in [2.75, 3.05) is 13.1 Å². The maximum atomic E-state index is 14.1. The standard InChI is InChI=1S/C19H16BrFN2OS/c20-13-7-8-14(15(21)10-13)19(24)23-9-3-4-12(11-23)18-22-16-5-1-2-6-17(16)25-18/h1-2,5-8,10,12H,3-4,9,11H2/t12-/m1/s1. The first-order valence-corrected chi connectivity index (χ1v) is 9.82. The van der Waals surface area contributed by atoms with Crippen molar-refractivity contribution in [3.63, 3.8) is 0 Å². The van der Waals surface area contributed by atoms with Gasteiger partial charge in [-0.15, -0.1) is 11.3 Å². The van der Waals surface area contributed by atoms with Gasteiger partial charge in [0.25, 0.3) is 5.91 Å². The van der Waals surface area contributed by atoms with Crippen LogP contribution in [0.3, 0.4) is 0 Å². The SMILES string of the molecule is O=C(c1ccc(Br)cc1F)N1CCC[C@@H](c2nc3ccccc3s2)C1. The lowest BCUT2D eigenvalue weighted by atomic mass is 9.98. The number of thiazole rings is 1. The summed E-state index contributed by atoms with van der Waals surface area (Å²) in [7, 11) is 0. The van der Waals surface area contributed by atoms with Crippen molar-refractivity contribution in [1.82, 2.24) is 9.88 Å². The number of piperidine rings is 1. The molecule has 4 rings (SSSR count). The first kappa shape index (κ1) is 16.7. The van der Waals surface area contributed by atoms with E-state index < -0.39 is 5.82 Å². The van der Waals surface area contributed by atoms with E-state index in [2.05, 4.69) is 22.0 Å². The number of amides is 1. The van der Waals surface area contributed by atoms with E-state index in [1.54, 1.807) is 28.4 Å². The second-order valence-electron chi connectivity index (χ2n) is 6.23. The van der Waals surface area contributed by atoms with Crippen LogP contribution in [0.4, 0.5) is 4.39 Å². The van der Waals surface area contributed by atoms with E-state index in [4.69, 9.17) is 4.98 Å². The molecule has 6 heteroatoms. The molecule has 1 aliphatic rings. The maximum Gasteiger partial charge on any atom is 0.256 e. The van der Waals surface area contributed by atoms with Gasteiger partial charge in [0.15, 0.2) is 0 Å². The third-order valence-electron chi connectivity index (χ3n) is 4.53. The van der Waals surface area contributed by atoms with E-state index >= 15 is 0 Å². The number of hydrogen-bond acceptors (Lipinski definition) is 3. The van der Waals surface area contributed by atoms with Crippen LogP contribution in [0, 0.1) is 5.82 Å². The number of rotatable bonds is 2. The van der Waals surface area contributed by atoms with Crippen LogP contribution in [0.25, 0.3) is 10.2 Å². The largest absolute Gasteiger partial charge is 0.338 e. The Balaban J connectivity index is 1.57. The van der Waals surface area contributed by atoms with Gasteiger partial charge in [-0.2, -0.15) is 0 Å². The van der Waals surface area contributed by atoms with Crippen LogP contribution in [-0.4, -0.2) is 28.9 Å². The third kappa shape index (κ3) is 3.33. The molecule has 1 saturated heterocycles. The van der Waals surface area contributed by atoms with Crippen molar-refractivity contribution in [2.24, 2.45) is 0 Å². The Morgan fingerprint density at radius 2 is 2.12 bits per heavy atom. The van der Waals surface area contributed by atoms with Crippen LogP contribution in [0.1, 0.15) is 34.1 Å². The van der Waals surface area contributed by atoms with Gasteiger partial charge in [0.05, 0.1) is 20.8 Å². The number of aromatic nitrogens is 1. The van der Waals surface area contributed by atoms with Crippen molar-refractivity contribution in [3.8, 4) is 0 Å². The number of para-hydroxylation sites is 1. The summed E-state index contributed by atoms with van der Waals surface area (Å²) in [6.45, 7) is 1.25. The maximum absolute atomic E-state index is 14.1. The number of benzene rings is 2. The van der Waals surface area contributed by atoms with Crippen LogP contribution in [-0.2, 0) is 0 Å². The van der Waals surface area contributed by atoms with Gasteiger partial charge >= 0.3 is 0 Å². The summed E-state index contributed by atoms with van der Waals surface area (Å²) < 4.78 is 15.9. The second kappa shape index (κ2) is 6.84. The van der Waals surface area contributed by atoms with Gasteiger partial charge in [-0.3, -0.25) is 4.79 Å². The number of hydrogen-bond donors (Lipinski definition) is 0. The van der Waals surface area contributed by atoms with Crippen LogP contribution >= 0.6 is 27.3 Å². The predicted molar refractivity (Wildman–Crippen MR) is 102 cm³/mol. The molecule has 128 valence electrons. The average Bonchev–Trinajstić information content (AvgIpc) is 3.05. The van der Waals surface area contributed by atoms with Crippen LogP contribution in [0.2, 0.25) is 0 Å². The van der Waals surface area contributed by atoms with Crippen molar-refractivity contribution in [2.45, 2.75) is 18.8 Å². The smallest absolute Gasteiger partial charge is 0.256 e. The Hall–Kier alpha value is -1.79. The third-order valence-corrected chi connectivity index (χ3v) is 6.22. The summed E-state index contributed by atoms with van der Waals surface area (Å²) in [6, 6.07) is 12.7. The molecule has 0 aliphatic carbocycles. The molecule has 1 aliphatic heterocycles. The van der Waals surface area contributed by atoms with Crippen LogP contribution in [0.5, 0.6) is 0 Å². The molecule has 25 heavy (non-hydrogen) atoms. The van der Waals surface area contributed by atoms with Crippen molar-refractivity contribution < 1.29 is 9.18 Å². The topological polar surface area (TPSA) is 33.2 Å². The molecular formula is C19H16BrFN2OS. The van der Waals surface area contributed by atoms with Gasteiger partial charge in [-0.1, -0.05) is 28.1 Å². The van der Waals surface area contributed by atoms with Crippen molar-refractivity contribution in [3.05, 3.63) is 63.3 Å². The Kier molecular flexibility index (Phi) is 4.56. The van der Waals surface area contributed by atoms with Gasteiger partial charge in [0.2, 0.25) is 0 Å². The zero-order valence-electron chi connectivity index (χ0n) is 13.4. The first-order chi connectivity index (χ1) is 12.1. The van der Waals surface area contributed by atoms with Crippen molar-refractivity contribution in [1.29, 1.82) is 0 Å². The summed E-state index contributed by atoms with van der Waals surface area (Å²) in [6.07, 6.45) is 1.91. The number of halogens is 2. The molecule has 0 spiro atoms. The molecule has 1 aromatic heterocycles. The second-order valence-corrected chi connectivity index (χ2v) is 8.21. The molecule has 1 fully saturated rings. The molecule has 0 saturated carbocycles. The molecule has 0 radical (unpaired) electrons. The highest BCUT2D eigenvalue weighted by atomic mass is 79.9. The lowest BCUT2D eigenvalue weighted by Gasteiger charge is -2.32. The summed E-state index contributed by atoms with van der Waals surface area (Å²) in [5.41, 5.74) is 1.14. The molecule has 2 aromatic carbocycles. The number of carbonyl (C=O) groups is 1. The van der Waals surface area contributed by atoms with E-state index in [1.165, 1.54) is 10.8 Å². The quantitative estimate of drug-likeness (QED) is 0.571. The first-order valence-electron chi connectivity index (χ1n) is 8.21. The molecule has 3 aromatic rings. The summed E-state index contributed by atoms with van der Waals surface area (Å²) in [5, 5.41) is 1.06. The molecule has 1 atom stereocenters. The molecule has 3 nitrogen and oxygen atoms in total. The minimum absolute atomic E-state index is 0.133. The molecular weight excluding hydrogens is 403 g/mol. The highest BCUT2D eigenvalue weighted by molar-refractivity contribution is 9.10. The average molecular weight is 419 g/mol. The highest BCUT2D eigenvalue weighted by Gasteiger charge is 2.28. The van der Waals surface area contributed by atoms with E-state index in [9.17, 15) is 9.18 Å². The van der Waals surface area contributed by atoms with E-state index in [0.29, 0.717) is 17.6 Å². The fraction of sp³-hybridized carbons (Fsp3) is 0.263.